The Balaban J connectivity index is 1.77. The second-order valence-electron chi connectivity index (χ2n) is 10.1. The molecule has 2 aromatic rings. The molecule has 0 spiro atoms. The maximum absolute atomic E-state index is 13.4. The van der Waals surface area contributed by atoms with E-state index in [4.69, 9.17) is 9.47 Å². The quantitative estimate of drug-likeness (QED) is 0.141. The number of esters is 1. The average molecular weight is 571 g/mol. The topological polar surface area (TPSA) is 143 Å². The zero-order chi connectivity index (χ0) is 30.6. The summed E-state index contributed by atoms with van der Waals surface area (Å²) in [6.45, 7) is 7.07. The fraction of sp³-hybridized carbons (Fsp3) is 0.290. The first kappa shape index (κ1) is 29.7. The highest BCUT2D eigenvalue weighted by atomic mass is 16.6. The molecule has 0 bridgehead atoms. The standard InChI is InChI=1S/C31H30N4O7/c1-5-41-28(36)19-34-29(37)23(20(2)24(18-32)30(34)38)12-14-27-31(3,4)25-17-21(35(39)40)11-13-26(25)33(27)15-16-42-22-9-7-6-8-10-22/h6-14,17H,5,15-16,19H2,1-4H3/b23-12-,27-14+. The molecular formula is C31H30N4O7. The molecule has 2 aliphatic rings. The number of imide groups is 1. The average Bonchev–Trinajstić information content (AvgIpc) is 3.17. The van der Waals surface area contributed by atoms with Gasteiger partial charge in [-0.3, -0.25) is 29.4 Å². The second kappa shape index (κ2) is 12.1. The van der Waals surface area contributed by atoms with Gasteiger partial charge in [-0.2, -0.15) is 5.26 Å². The molecule has 0 aromatic heterocycles. The molecule has 2 heterocycles. The van der Waals surface area contributed by atoms with Crippen LogP contribution in [0.1, 0.15) is 33.3 Å². The van der Waals surface area contributed by atoms with Crippen LogP contribution < -0.4 is 9.64 Å². The van der Waals surface area contributed by atoms with Crippen molar-refractivity contribution in [2.24, 2.45) is 0 Å². The minimum Gasteiger partial charge on any atom is -0.492 e. The van der Waals surface area contributed by atoms with E-state index < -0.39 is 34.7 Å². The number of para-hydroxylation sites is 1. The highest BCUT2D eigenvalue weighted by molar-refractivity contribution is 6.19. The SMILES string of the molecule is CCOC(=O)CN1C(=O)C(C#N)=C(C)/C(=C/C=C2/N(CCOc3ccccc3)c3ccc([N+](=O)[O-])cc3C2(C)C)C1=O. The van der Waals surface area contributed by atoms with Gasteiger partial charge in [0.1, 0.15) is 30.5 Å². The van der Waals surface area contributed by atoms with E-state index in [1.807, 2.05) is 55.1 Å². The van der Waals surface area contributed by atoms with Crippen molar-refractivity contribution >= 4 is 29.2 Å². The van der Waals surface area contributed by atoms with Crippen molar-refractivity contribution in [1.82, 2.24) is 4.90 Å². The normalized spacial score (nSPS) is 17.9. The Labute approximate surface area is 243 Å². The van der Waals surface area contributed by atoms with Gasteiger partial charge in [0.15, 0.2) is 0 Å². The van der Waals surface area contributed by atoms with Gasteiger partial charge in [-0.05, 0) is 55.3 Å². The van der Waals surface area contributed by atoms with E-state index in [0.29, 0.717) is 23.8 Å². The lowest BCUT2D eigenvalue weighted by Gasteiger charge is -2.28. The minimum absolute atomic E-state index is 0.0464. The lowest BCUT2D eigenvalue weighted by Crippen LogP contribution is -2.45. The summed E-state index contributed by atoms with van der Waals surface area (Å²) >= 11 is 0. The van der Waals surface area contributed by atoms with Gasteiger partial charge in [-0.15, -0.1) is 0 Å². The molecule has 4 rings (SSSR count). The number of rotatable bonds is 9. The highest BCUT2D eigenvalue weighted by Crippen LogP contribution is 2.49. The summed E-state index contributed by atoms with van der Waals surface area (Å²) in [5.74, 6) is -1.67. The number of carbonyl (C=O) groups is 3. The molecule has 0 unspecified atom stereocenters. The summed E-state index contributed by atoms with van der Waals surface area (Å²) in [7, 11) is 0. The number of anilines is 1. The Morgan fingerprint density at radius 2 is 1.81 bits per heavy atom. The first-order valence-corrected chi connectivity index (χ1v) is 13.3. The van der Waals surface area contributed by atoms with Gasteiger partial charge in [-0.25, -0.2) is 0 Å². The summed E-state index contributed by atoms with van der Waals surface area (Å²) in [6.07, 6.45) is 3.22. The number of fused-ring (bicyclic) bond motifs is 1. The van der Waals surface area contributed by atoms with Crippen LogP contribution in [0, 0.1) is 21.4 Å². The van der Waals surface area contributed by atoms with E-state index in [1.165, 1.54) is 19.1 Å². The van der Waals surface area contributed by atoms with Gasteiger partial charge in [-0.1, -0.05) is 32.0 Å². The number of non-ortho nitro benzene ring substituents is 1. The van der Waals surface area contributed by atoms with Crippen molar-refractivity contribution in [1.29, 1.82) is 5.26 Å². The first-order chi connectivity index (χ1) is 20.0. The summed E-state index contributed by atoms with van der Waals surface area (Å²) in [6, 6.07) is 15.8. The highest BCUT2D eigenvalue weighted by Gasteiger charge is 2.41. The van der Waals surface area contributed by atoms with Crippen LogP contribution in [0.5, 0.6) is 5.75 Å². The van der Waals surface area contributed by atoms with Crippen LogP contribution in [-0.2, 0) is 24.5 Å². The summed E-state index contributed by atoms with van der Waals surface area (Å²) in [5.41, 5.74) is 1.44. The Bertz CT molecular complexity index is 1580. The van der Waals surface area contributed by atoms with Crippen LogP contribution in [0.15, 0.2) is 83.1 Å². The minimum atomic E-state index is -0.863. The molecule has 0 radical (unpaired) electrons. The molecule has 0 fully saturated rings. The Morgan fingerprint density at radius 1 is 1.10 bits per heavy atom. The number of ether oxygens (including phenoxy) is 2. The first-order valence-electron chi connectivity index (χ1n) is 13.3. The maximum Gasteiger partial charge on any atom is 0.326 e. The van der Waals surface area contributed by atoms with E-state index in [2.05, 4.69) is 0 Å². The van der Waals surface area contributed by atoms with E-state index in [-0.39, 0.29) is 29.0 Å². The number of allylic oxidation sites excluding steroid dienone is 3. The van der Waals surface area contributed by atoms with Crippen LogP contribution >= 0.6 is 0 Å². The number of nitro benzene ring substituents is 1. The zero-order valence-corrected chi connectivity index (χ0v) is 23.7. The van der Waals surface area contributed by atoms with Crippen molar-refractivity contribution in [3.63, 3.8) is 0 Å². The Morgan fingerprint density at radius 3 is 2.45 bits per heavy atom. The Kier molecular flexibility index (Phi) is 8.57. The van der Waals surface area contributed by atoms with Crippen molar-refractivity contribution in [2.45, 2.75) is 33.1 Å². The van der Waals surface area contributed by atoms with Crippen LogP contribution in [0.4, 0.5) is 11.4 Å². The molecule has 0 saturated carbocycles. The van der Waals surface area contributed by atoms with E-state index in [0.717, 1.165) is 16.9 Å². The molecule has 0 aliphatic carbocycles. The molecule has 216 valence electrons. The number of nitriles is 1. The number of nitrogens with zero attached hydrogens (tertiary/aromatic N) is 4. The second-order valence-corrected chi connectivity index (χ2v) is 10.1. The van der Waals surface area contributed by atoms with Gasteiger partial charge >= 0.3 is 5.97 Å². The molecule has 2 amide bonds. The number of carbonyl (C=O) groups excluding carboxylic acids is 3. The number of nitro groups is 1. The third-order valence-electron chi connectivity index (χ3n) is 7.24. The largest absolute Gasteiger partial charge is 0.492 e. The van der Waals surface area contributed by atoms with E-state index in [9.17, 15) is 29.8 Å². The smallest absolute Gasteiger partial charge is 0.326 e. The lowest BCUT2D eigenvalue weighted by molar-refractivity contribution is -0.384. The fourth-order valence-electron chi connectivity index (χ4n) is 5.09. The molecular weight excluding hydrogens is 540 g/mol. The Hall–Kier alpha value is -5.24. The van der Waals surface area contributed by atoms with Gasteiger partial charge in [0.2, 0.25) is 0 Å². The predicted molar refractivity (Wildman–Crippen MR) is 153 cm³/mol. The van der Waals surface area contributed by atoms with Crippen molar-refractivity contribution < 1.29 is 28.8 Å². The van der Waals surface area contributed by atoms with Gasteiger partial charge in [0, 0.05) is 34.5 Å². The van der Waals surface area contributed by atoms with Gasteiger partial charge in [0.25, 0.3) is 17.5 Å². The lowest BCUT2D eigenvalue weighted by atomic mass is 9.83. The molecule has 0 N–H and O–H groups in total. The van der Waals surface area contributed by atoms with Crippen molar-refractivity contribution in [3.8, 4) is 11.8 Å². The van der Waals surface area contributed by atoms with Crippen molar-refractivity contribution in [3.05, 3.63) is 98.8 Å². The summed E-state index contributed by atoms with van der Waals surface area (Å²) in [5, 5.41) is 21.2. The van der Waals surface area contributed by atoms with Crippen LogP contribution in [0.3, 0.4) is 0 Å². The molecule has 0 atom stereocenters. The molecule has 11 heteroatoms. The summed E-state index contributed by atoms with van der Waals surface area (Å²) < 4.78 is 10.8. The van der Waals surface area contributed by atoms with E-state index in [1.54, 1.807) is 25.1 Å². The maximum atomic E-state index is 13.4. The third-order valence-corrected chi connectivity index (χ3v) is 7.24. The number of amides is 2. The molecule has 11 nitrogen and oxygen atoms in total. The van der Waals surface area contributed by atoms with Crippen LogP contribution in [0.25, 0.3) is 0 Å². The molecule has 2 aromatic carbocycles. The monoisotopic (exact) mass is 570 g/mol. The number of hydrogen-bond acceptors (Lipinski definition) is 9. The van der Waals surface area contributed by atoms with Gasteiger partial charge in [0.05, 0.1) is 18.1 Å². The number of hydrogen-bond donors (Lipinski definition) is 0. The van der Waals surface area contributed by atoms with Crippen LogP contribution in [-0.4, -0.2) is 53.9 Å². The van der Waals surface area contributed by atoms with E-state index >= 15 is 0 Å². The van der Waals surface area contributed by atoms with Crippen LogP contribution in [0.2, 0.25) is 0 Å². The zero-order valence-electron chi connectivity index (χ0n) is 23.7. The predicted octanol–water partition coefficient (Wildman–Crippen LogP) is 4.35. The van der Waals surface area contributed by atoms with Gasteiger partial charge < -0.3 is 14.4 Å². The third kappa shape index (κ3) is 5.65. The van der Waals surface area contributed by atoms with Crippen molar-refractivity contribution in [2.75, 3.05) is 31.2 Å². The molecule has 42 heavy (non-hydrogen) atoms. The fourth-order valence-corrected chi connectivity index (χ4v) is 5.09. The summed E-state index contributed by atoms with van der Waals surface area (Å²) in [4.78, 5) is 52.2. The molecule has 2 aliphatic heterocycles. The molecule has 0 saturated heterocycles. The number of benzene rings is 2.